The average Bonchev–Trinajstić information content (AvgIpc) is 3.06. The van der Waals surface area contributed by atoms with Crippen LogP contribution < -0.4 is 14.8 Å². The summed E-state index contributed by atoms with van der Waals surface area (Å²) in [4.78, 5) is 12.3. The van der Waals surface area contributed by atoms with Crippen molar-refractivity contribution in [3.05, 3.63) is 59.4 Å². The Kier molecular flexibility index (Phi) is 6.77. The van der Waals surface area contributed by atoms with Gasteiger partial charge in [0.15, 0.2) is 11.0 Å². The van der Waals surface area contributed by atoms with Crippen LogP contribution in [0.2, 0.25) is 0 Å². The molecule has 1 heterocycles. The second-order valence-corrected chi connectivity index (χ2v) is 7.50. The molecular formula is C21H24N4O3S. The molecule has 0 aliphatic heterocycles. The monoisotopic (exact) mass is 412 g/mol. The fourth-order valence-electron chi connectivity index (χ4n) is 2.76. The largest absolute Gasteiger partial charge is 0.495 e. The van der Waals surface area contributed by atoms with Crippen LogP contribution in [0.25, 0.3) is 0 Å². The highest BCUT2D eigenvalue weighted by atomic mass is 32.2. The molecule has 0 unspecified atom stereocenters. The number of methoxy groups -OCH3 is 1. The lowest BCUT2D eigenvalue weighted by molar-refractivity contribution is -0.113. The number of hydrogen-bond acceptors (Lipinski definition) is 6. The van der Waals surface area contributed by atoms with E-state index in [0.717, 1.165) is 11.3 Å². The molecule has 0 aliphatic rings. The molecule has 0 aliphatic carbocycles. The Morgan fingerprint density at radius 2 is 1.93 bits per heavy atom. The predicted molar refractivity (Wildman–Crippen MR) is 114 cm³/mol. The number of aromatic nitrogens is 3. The zero-order chi connectivity index (χ0) is 20.8. The first-order valence-corrected chi connectivity index (χ1v) is 10.1. The highest BCUT2D eigenvalue weighted by Crippen LogP contribution is 2.24. The van der Waals surface area contributed by atoms with Gasteiger partial charge in [0.25, 0.3) is 0 Å². The van der Waals surface area contributed by atoms with Gasteiger partial charge in [0, 0.05) is 7.05 Å². The Hall–Kier alpha value is -3.00. The van der Waals surface area contributed by atoms with Crippen LogP contribution in [-0.4, -0.2) is 33.5 Å². The van der Waals surface area contributed by atoms with Gasteiger partial charge in [-0.05, 0) is 37.6 Å². The molecule has 7 nitrogen and oxygen atoms in total. The van der Waals surface area contributed by atoms with Crippen molar-refractivity contribution in [1.29, 1.82) is 0 Å². The second-order valence-electron chi connectivity index (χ2n) is 6.55. The van der Waals surface area contributed by atoms with Gasteiger partial charge in [-0.1, -0.05) is 41.6 Å². The minimum atomic E-state index is -0.143. The third kappa shape index (κ3) is 5.29. The van der Waals surface area contributed by atoms with E-state index in [1.165, 1.54) is 17.3 Å². The molecule has 0 fully saturated rings. The van der Waals surface area contributed by atoms with Gasteiger partial charge in [0.2, 0.25) is 5.91 Å². The van der Waals surface area contributed by atoms with E-state index in [1.807, 2.05) is 49.7 Å². The maximum atomic E-state index is 12.3. The van der Waals surface area contributed by atoms with Gasteiger partial charge in [-0.3, -0.25) is 4.79 Å². The van der Waals surface area contributed by atoms with Crippen molar-refractivity contribution in [2.24, 2.45) is 7.05 Å². The van der Waals surface area contributed by atoms with Gasteiger partial charge in [0.1, 0.15) is 18.1 Å². The van der Waals surface area contributed by atoms with Crippen LogP contribution in [-0.2, 0) is 18.4 Å². The number of nitrogens with zero attached hydrogens (tertiary/aromatic N) is 3. The number of amides is 1. The van der Waals surface area contributed by atoms with Gasteiger partial charge in [-0.25, -0.2) is 0 Å². The number of para-hydroxylation sites is 2. The van der Waals surface area contributed by atoms with Gasteiger partial charge >= 0.3 is 0 Å². The number of benzene rings is 2. The van der Waals surface area contributed by atoms with E-state index in [-0.39, 0.29) is 11.7 Å². The first-order valence-electron chi connectivity index (χ1n) is 9.12. The molecule has 0 saturated heterocycles. The summed E-state index contributed by atoms with van der Waals surface area (Å²) in [6.45, 7) is 4.37. The molecule has 0 bridgehead atoms. The van der Waals surface area contributed by atoms with Crippen LogP contribution in [0.4, 0.5) is 5.69 Å². The summed E-state index contributed by atoms with van der Waals surface area (Å²) in [5.74, 6) is 2.20. The first-order chi connectivity index (χ1) is 14.0. The molecule has 1 aromatic heterocycles. The Morgan fingerprint density at radius 3 is 2.69 bits per heavy atom. The van der Waals surface area contributed by atoms with E-state index in [4.69, 9.17) is 9.47 Å². The molecule has 3 aromatic rings. The van der Waals surface area contributed by atoms with Crippen LogP contribution in [0, 0.1) is 13.8 Å². The normalized spacial score (nSPS) is 10.6. The van der Waals surface area contributed by atoms with E-state index >= 15 is 0 Å². The molecule has 0 atom stereocenters. The third-order valence-corrected chi connectivity index (χ3v) is 5.35. The third-order valence-electron chi connectivity index (χ3n) is 4.33. The van der Waals surface area contributed by atoms with Gasteiger partial charge in [-0.2, -0.15) is 0 Å². The molecule has 1 N–H and O–H groups in total. The van der Waals surface area contributed by atoms with Crippen molar-refractivity contribution in [3.8, 4) is 11.5 Å². The average molecular weight is 413 g/mol. The molecule has 0 saturated carbocycles. The second kappa shape index (κ2) is 9.47. The zero-order valence-corrected chi connectivity index (χ0v) is 17.7. The van der Waals surface area contributed by atoms with Gasteiger partial charge in [-0.15, -0.1) is 10.2 Å². The highest BCUT2D eigenvalue weighted by Gasteiger charge is 2.13. The number of carbonyl (C=O) groups is 1. The minimum absolute atomic E-state index is 0.143. The summed E-state index contributed by atoms with van der Waals surface area (Å²) in [6.07, 6.45) is 0. The fraction of sp³-hybridized carbons (Fsp3) is 0.286. The number of ether oxygens (including phenoxy) is 2. The number of carbonyl (C=O) groups excluding carboxylic acids is 1. The molecule has 2 aromatic carbocycles. The van der Waals surface area contributed by atoms with Crippen molar-refractivity contribution in [2.45, 2.75) is 25.6 Å². The van der Waals surface area contributed by atoms with Crippen LogP contribution >= 0.6 is 11.8 Å². The maximum Gasteiger partial charge on any atom is 0.234 e. The van der Waals surface area contributed by atoms with Crippen molar-refractivity contribution in [3.63, 3.8) is 0 Å². The van der Waals surface area contributed by atoms with E-state index in [9.17, 15) is 4.79 Å². The fourth-order valence-corrected chi connectivity index (χ4v) is 3.49. The molecule has 0 radical (unpaired) electrons. The summed E-state index contributed by atoms with van der Waals surface area (Å²) in [5, 5.41) is 11.9. The molecule has 1 amide bonds. The summed E-state index contributed by atoms with van der Waals surface area (Å²) in [6, 6.07) is 13.3. The van der Waals surface area contributed by atoms with E-state index in [2.05, 4.69) is 21.6 Å². The quantitative estimate of drug-likeness (QED) is 0.568. The lowest BCUT2D eigenvalue weighted by Crippen LogP contribution is -2.15. The van der Waals surface area contributed by atoms with Crippen molar-refractivity contribution in [2.75, 3.05) is 18.2 Å². The van der Waals surface area contributed by atoms with Crippen LogP contribution in [0.3, 0.4) is 0 Å². The number of hydrogen-bond donors (Lipinski definition) is 1. The van der Waals surface area contributed by atoms with Crippen molar-refractivity contribution < 1.29 is 14.3 Å². The highest BCUT2D eigenvalue weighted by molar-refractivity contribution is 7.99. The van der Waals surface area contributed by atoms with Gasteiger partial charge < -0.3 is 19.4 Å². The lowest BCUT2D eigenvalue weighted by Gasteiger charge is -2.10. The lowest BCUT2D eigenvalue weighted by atomic mass is 10.1. The standard InChI is InChI=1S/C21H24N4O3S/c1-14-9-10-17(15(2)11-14)28-12-19-23-24-21(25(19)3)29-13-20(26)22-16-7-5-6-8-18(16)27-4/h5-11H,12-13H2,1-4H3,(H,22,26). The number of aryl methyl sites for hydroxylation is 2. The molecule has 3 rings (SSSR count). The topological polar surface area (TPSA) is 78.3 Å². The Bertz CT molecular complexity index is 1000. The van der Waals surface area contributed by atoms with E-state index in [1.54, 1.807) is 19.2 Å². The van der Waals surface area contributed by atoms with Gasteiger partial charge in [0.05, 0.1) is 18.6 Å². The Balaban J connectivity index is 1.56. The number of anilines is 1. The molecule has 152 valence electrons. The number of nitrogens with one attached hydrogen (secondary N) is 1. The van der Waals surface area contributed by atoms with Crippen molar-refractivity contribution in [1.82, 2.24) is 14.8 Å². The minimum Gasteiger partial charge on any atom is -0.495 e. The van der Waals surface area contributed by atoms with E-state index in [0.29, 0.717) is 29.0 Å². The molecule has 29 heavy (non-hydrogen) atoms. The Labute approximate surface area is 174 Å². The first kappa shape index (κ1) is 20.7. The van der Waals surface area contributed by atoms with Crippen LogP contribution in [0.5, 0.6) is 11.5 Å². The predicted octanol–water partition coefficient (Wildman–Crippen LogP) is 3.75. The zero-order valence-electron chi connectivity index (χ0n) is 16.9. The Morgan fingerprint density at radius 1 is 1.14 bits per heavy atom. The van der Waals surface area contributed by atoms with E-state index < -0.39 is 0 Å². The summed E-state index contributed by atoms with van der Waals surface area (Å²) in [5.41, 5.74) is 2.91. The molecule has 0 spiro atoms. The number of thioether (sulfide) groups is 1. The molecule has 8 heteroatoms. The van der Waals surface area contributed by atoms with Crippen LogP contribution in [0.1, 0.15) is 17.0 Å². The maximum absolute atomic E-state index is 12.3. The summed E-state index contributed by atoms with van der Waals surface area (Å²) in [7, 11) is 3.43. The smallest absolute Gasteiger partial charge is 0.234 e. The number of rotatable bonds is 8. The summed E-state index contributed by atoms with van der Waals surface area (Å²) >= 11 is 1.32. The van der Waals surface area contributed by atoms with Crippen LogP contribution in [0.15, 0.2) is 47.6 Å². The summed E-state index contributed by atoms with van der Waals surface area (Å²) < 4.78 is 13.0. The van der Waals surface area contributed by atoms with Crippen molar-refractivity contribution >= 4 is 23.4 Å². The SMILES string of the molecule is COc1ccccc1NC(=O)CSc1nnc(COc2ccc(C)cc2C)n1C. The molecular weight excluding hydrogens is 388 g/mol.